The van der Waals surface area contributed by atoms with Gasteiger partial charge in [0, 0.05) is 23.3 Å². The van der Waals surface area contributed by atoms with Gasteiger partial charge in [0.15, 0.2) is 0 Å². The Morgan fingerprint density at radius 2 is 1.82 bits per heavy atom. The van der Waals surface area contributed by atoms with E-state index in [-0.39, 0.29) is 16.7 Å². The Morgan fingerprint density at radius 1 is 1.04 bits per heavy atom. The number of halogens is 2. The number of benzene rings is 2. The molecule has 4 aromatic rings. The molecule has 0 fully saturated rings. The van der Waals surface area contributed by atoms with Crippen LogP contribution in [0.1, 0.15) is 5.69 Å². The van der Waals surface area contributed by atoms with Crippen molar-refractivity contribution < 1.29 is 17.2 Å². The van der Waals surface area contributed by atoms with E-state index in [1.807, 2.05) is 0 Å². The summed E-state index contributed by atoms with van der Waals surface area (Å²) in [6, 6.07) is 11.4. The first-order chi connectivity index (χ1) is 13.4. The van der Waals surface area contributed by atoms with Gasteiger partial charge in [0.25, 0.3) is 0 Å². The summed E-state index contributed by atoms with van der Waals surface area (Å²) in [5.41, 5.74) is 1.43. The Labute approximate surface area is 163 Å². The lowest BCUT2D eigenvalue weighted by atomic mass is 10.2. The maximum absolute atomic E-state index is 13.5. The van der Waals surface area contributed by atoms with Crippen molar-refractivity contribution in [2.24, 2.45) is 0 Å². The fourth-order valence-electron chi connectivity index (χ4n) is 2.70. The molecule has 28 heavy (non-hydrogen) atoms. The molecule has 4 rings (SSSR count). The van der Waals surface area contributed by atoms with Crippen molar-refractivity contribution in [1.29, 1.82) is 0 Å². The fraction of sp³-hybridized carbons (Fsp3) is 0.0526. The molecular formula is C19H13F2N3O2S2. The van der Waals surface area contributed by atoms with E-state index in [1.165, 1.54) is 58.6 Å². The molecule has 2 aromatic heterocycles. The maximum Gasteiger partial charge on any atom is 0.232 e. The molecule has 0 saturated heterocycles. The predicted molar refractivity (Wildman–Crippen MR) is 102 cm³/mol. The normalized spacial score (nSPS) is 11.6. The minimum Gasteiger partial charge on any atom is -0.291 e. The Morgan fingerprint density at radius 3 is 2.57 bits per heavy atom. The van der Waals surface area contributed by atoms with Gasteiger partial charge in [-0.05, 0) is 42.5 Å². The highest BCUT2D eigenvalue weighted by molar-refractivity contribution is 7.90. The van der Waals surface area contributed by atoms with Gasteiger partial charge in [-0.1, -0.05) is 6.07 Å². The molecule has 2 aromatic carbocycles. The summed E-state index contributed by atoms with van der Waals surface area (Å²) >= 11 is 1.27. The lowest BCUT2D eigenvalue weighted by Crippen LogP contribution is -2.12. The first-order valence-corrected chi connectivity index (χ1v) is 10.7. The number of rotatable bonds is 5. The summed E-state index contributed by atoms with van der Waals surface area (Å²) in [6.45, 7) is 0. The van der Waals surface area contributed by atoms with Crippen LogP contribution in [0.25, 0.3) is 16.3 Å². The van der Waals surface area contributed by atoms with Crippen LogP contribution in [0.2, 0.25) is 0 Å². The van der Waals surface area contributed by atoms with Crippen LogP contribution in [0.3, 0.4) is 0 Å². The van der Waals surface area contributed by atoms with Crippen LogP contribution >= 0.6 is 11.3 Å². The molecule has 142 valence electrons. The highest BCUT2D eigenvalue weighted by atomic mass is 32.2. The zero-order valence-electron chi connectivity index (χ0n) is 14.3. The van der Waals surface area contributed by atoms with Gasteiger partial charge in [0.1, 0.15) is 22.4 Å². The zero-order valence-corrected chi connectivity index (χ0v) is 15.9. The predicted octanol–water partition coefficient (Wildman–Crippen LogP) is 4.25. The van der Waals surface area contributed by atoms with E-state index in [0.29, 0.717) is 22.0 Å². The molecule has 0 aliphatic carbocycles. The molecule has 9 heteroatoms. The van der Waals surface area contributed by atoms with Gasteiger partial charge in [-0.25, -0.2) is 27.2 Å². The van der Waals surface area contributed by atoms with Gasteiger partial charge in [-0.3, -0.25) is 4.57 Å². The second kappa shape index (κ2) is 7.25. The van der Waals surface area contributed by atoms with E-state index >= 15 is 0 Å². The van der Waals surface area contributed by atoms with Crippen LogP contribution in [0.15, 0.2) is 71.5 Å². The van der Waals surface area contributed by atoms with Crippen molar-refractivity contribution >= 4 is 21.2 Å². The van der Waals surface area contributed by atoms with Crippen molar-refractivity contribution in [2.45, 2.75) is 10.9 Å². The highest BCUT2D eigenvalue weighted by Crippen LogP contribution is 2.26. The largest absolute Gasteiger partial charge is 0.291 e. The molecule has 0 saturated carbocycles. The molecule has 0 aliphatic heterocycles. The summed E-state index contributed by atoms with van der Waals surface area (Å²) in [4.78, 5) is 8.29. The third-order valence-electron chi connectivity index (χ3n) is 3.95. The van der Waals surface area contributed by atoms with Gasteiger partial charge >= 0.3 is 0 Å². The molecular weight excluding hydrogens is 404 g/mol. The lowest BCUT2D eigenvalue weighted by molar-refractivity contribution is 0.582. The number of thiazole rings is 1. The minimum absolute atomic E-state index is 0.186. The highest BCUT2D eigenvalue weighted by Gasteiger charge is 2.23. The van der Waals surface area contributed by atoms with Crippen molar-refractivity contribution in [2.75, 3.05) is 0 Å². The van der Waals surface area contributed by atoms with Crippen LogP contribution in [0.4, 0.5) is 8.78 Å². The summed E-state index contributed by atoms with van der Waals surface area (Å²) in [5.74, 6) is -1.18. The van der Waals surface area contributed by atoms with Gasteiger partial charge in [0.2, 0.25) is 15.0 Å². The maximum atomic E-state index is 13.5. The SMILES string of the molecule is O=S(=O)(Cc1csc(-c2ccc(F)cc2)n1)c1nccn1-c1cccc(F)c1. The monoisotopic (exact) mass is 417 g/mol. The lowest BCUT2D eigenvalue weighted by Gasteiger charge is -2.08. The summed E-state index contributed by atoms with van der Waals surface area (Å²) < 4.78 is 53.6. The molecule has 5 nitrogen and oxygen atoms in total. The molecule has 2 heterocycles. The van der Waals surface area contributed by atoms with Gasteiger partial charge in [0.05, 0.1) is 11.4 Å². The standard InChI is InChI=1S/C19H13F2N3O2S2/c20-14-6-4-13(5-7-14)18-23-16(11-27-18)12-28(25,26)19-22-8-9-24(19)17-3-1-2-15(21)10-17/h1-11H,12H2. The molecule has 0 atom stereocenters. The number of hydrogen-bond acceptors (Lipinski definition) is 5. The Balaban J connectivity index is 1.63. The van der Waals surface area contributed by atoms with Crippen molar-refractivity contribution in [3.8, 4) is 16.3 Å². The van der Waals surface area contributed by atoms with Crippen molar-refractivity contribution in [3.63, 3.8) is 0 Å². The molecule has 0 unspecified atom stereocenters. The summed E-state index contributed by atoms with van der Waals surface area (Å²) in [7, 11) is -3.82. The average molecular weight is 417 g/mol. The minimum atomic E-state index is -3.82. The number of imidazole rings is 1. The average Bonchev–Trinajstić information content (AvgIpc) is 3.32. The van der Waals surface area contributed by atoms with E-state index in [0.717, 1.165) is 0 Å². The van der Waals surface area contributed by atoms with E-state index in [1.54, 1.807) is 23.6 Å². The Kier molecular flexibility index (Phi) is 4.78. The number of hydrogen-bond donors (Lipinski definition) is 0. The van der Waals surface area contributed by atoms with Gasteiger partial charge in [-0.2, -0.15) is 0 Å². The Bertz CT molecular complexity index is 1230. The van der Waals surface area contributed by atoms with Gasteiger partial charge < -0.3 is 0 Å². The molecule has 0 spiro atoms. The topological polar surface area (TPSA) is 64.8 Å². The third kappa shape index (κ3) is 3.71. The smallest absolute Gasteiger partial charge is 0.232 e. The fourth-order valence-corrected chi connectivity index (χ4v) is 4.99. The van der Waals surface area contributed by atoms with Crippen LogP contribution in [0, 0.1) is 11.6 Å². The second-order valence-corrected chi connectivity index (χ2v) is 8.71. The zero-order chi connectivity index (χ0) is 19.7. The summed E-state index contributed by atoms with van der Waals surface area (Å²) in [5, 5.41) is 2.05. The third-order valence-corrected chi connectivity index (χ3v) is 6.43. The van der Waals surface area contributed by atoms with Crippen molar-refractivity contribution in [3.05, 3.63) is 83.6 Å². The first kappa shape index (κ1) is 18.5. The van der Waals surface area contributed by atoms with Crippen LogP contribution in [-0.4, -0.2) is 23.0 Å². The van der Waals surface area contributed by atoms with E-state index in [4.69, 9.17) is 0 Å². The van der Waals surface area contributed by atoms with Crippen molar-refractivity contribution in [1.82, 2.24) is 14.5 Å². The van der Waals surface area contributed by atoms with E-state index < -0.39 is 15.7 Å². The molecule has 0 radical (unpaired) electrons. The first-order valence-electron chi connectivity index (χ1n) is 8.15. The Hall–Kier alpha value is -2.91. The molecule has 0 bridgehead atoms. The second-order valence-electron chi connectivity index (χ2n) is 5.97. The van der Waals surface area contributed by atoms with E-state index in [2.05, 4.69) is 9.97 Å². The van der Waals surface area contributed by atoms with Crippen LogP contribution in [-0.2, 0) is 15.6 Å². The number of sulfone groups is 1. The molecule has 0 amide bonds. The number of nitrogens with zero attached hydrogens (tertiary/aromatic N) is 3. The number of aromatic nitrogens is 3. The quantitative estimate of drug-likeness (QED) is 0.487. The van der Waals surface area contributed by atoms with Crippen LogP contribution < -0.4 is 0 Å². The van der Waals surface area contributed by atoms with E-state index in [9.17, 15) is 17.2 Å². The van der Waals surface area contributed by atoms with Gasteiger partial charge in [-0.15, -0.1) is 11.3 Å². The molecule has 0 aliphatic rings. The summed E-state index contributed by atoms with van der Waals surface area (Å²) in [6.07, 6.45) is 2.81. The van der Waals surface area contributed by atoms with Crippen LogP contribution in [0.5, 0.6) is 0 Å². The molecule has 0 N–H and O–H groups in total.